The smallest absolute Gasteiger partial charge is 0.251 e. The Morgan fingerprint density at radius 2 is 1.64 bits per heavy atom. The van der Waals surface area contributed by atoms with Gasteiger partial charge in [0, 0.05) is 79.9 Å². The number of likely N-dealkylation sites (tertiary alicyclic amines) is 1. The van der Waals surface area contributed by atoms with E-state index in [2.05, 4.69) is 64.5 Å². The van der Waals surface area contributed by atoms with E-state index < -0.39 is 35.4 Å². The third kappa shape index (κ3) is 11.6. The molecule has 3 heterocycles. The van der Waals surface area contributed by atoms with Gasteiger partial charge in [0.05, 0.1) is 45.4 Å². The predicted octanol–water partition coefficient (Wildman–Crippen LogP) is 6.76. The molecule has 1 saturated carbocycles. The number of aromatic nitrogens is 1. The number of hydrogen-bond acceptors (Lipinski definition) is 12. The molecule has 1 aliphatic carbocycles. The number of amides is 4. The van der Waals surface area contributed by atoms with Crippen molar-refractivity contribution >= 4 is 52.3 Å². The molecular weight excluding hydrogens is 928 g/mol. The molecule has 4 atom stereocenters. The Bertz CT molecular complexity index is 2550. The van der Waals surface area contributed by atoms with Gasteiger partial charge in [-0.1, -0.05) is 84.3 Å². The summed E-state index contributed by atoms with van der Waals surface area (Å²) in [6.45, 7) is 21.6. The molecule has 15 nitrogen and oxygen atoms in total. The van der Waals surface area contributed by atoms with Gasteiger partial charge in [-0.3, -0.25) is 24.1 Å². The van der Waals surface area contributed by atoms with Gasteiger partial charge in [-0.25, -0.2) is 4.98 Å². The van der Waals surface area contributed by atoms with Crippen LogP contribution in [0.1, 0.15) is 95.0 Å². The lowest BCUT2D eigenvalue weighted by Gasteiger charge is -2.63. The minimum absolute atomic E-state index is 0.0151. The molecule has 7 rings (SSSR count). The second-order valence-electron chi connectivity index (χ2n) is 21.1. The van der Waals surface area contributed by atoms with E-state index in [1.54, 1.807) is 29.5 Å². The Morgan fingerprint density at radius 3 is 2.24 bits per heavy atom. The van der Waals surface area contributed by atoms with Crippen molar-refractivity contribution in [3.05, 3.63) is 99.6 Å². The van der Waals surface area contributed by atoms with Crippen LogP contribution in [0, 0.1) is 34.5 Å². The highest BCUT2D eigenvalue weighted by molar-refractivity contribution is 7.13. The molecule has 0 bridgehead atoms. The van der Waals surface area contributed by atoms with Crippen LogP contribution in [0.3, 0.4) is 0 Å². The van der Waals surface area contributed by atoms with Crippen molar-refractivity contribution in [2.45, 2.75) is 105 Å². The first-order chi connectivity index (χ1) is 33.1. The maximum atomic E-state index is 14.1. The standard InChI is InChI=1S/C53H67ClN8O7S/c1-32(34-10-12-35(13-11-34)44-33(2)56-31-70-44)57-47(66)42-26-39(63)29-62(42)48(67)45(51(3,4)5)58-43(64)30-68-25-24-60-20-22-61(23-21-60)38-17-14-36(15-18-38)46(65)59-49-52(6,7)50(53(49,8)9)69-40-19-16-37(28-55)41(54)27-40/h10-19,27,31-32,39,42,45,49-50,63H,20-26,29-30H2,1-9H3,(H,57,66)(H,58,64)(H,59,65)/t32-,39+,42-,45?,49-,50-/m0/s1. The Balaban J connectivity index is 0.831. The lowest BCUT2D eigenvalue weighted by molar-refractivity contribution is -0.164. The largest absolute Gasteiger partial charge is 0.489 e. The van der Waals surface area contributed by atoms with Crippen LogP contribution in [0.5, 0.6) is 5.75 Å². The van der Waals surface area contributed by atoms with Crippen LogP contribution < -0.4 is 25.6 Å². The number of nitriles is 1. The molecule has 17 heteroatoms. The summed E-state index contributed by atoms with van der Waals surface area (Å²) in [7, 11) is 0. The van der Waals surface area contributed by atoms with Gasteiger partial charge in [-0.2, -0.15) is 5.26 Å². The molecule has 374 valence electrons. The van der Waals surface area contributed by atoms with Crippen molar-refractivity contribution in [1.82, 2.24) is 30.7 Å². The number of carbonyl (C=O) groups is 4. The maximum absolute atomic E-state index is 14.1. The fourth-order valence-electron chi connectivity index (χ4n) is 10.4. The van der Waals surface area contributed by atoms with Gasteiger partial charge in [0.1, 0.15) is 36.6 Å². The van der Waals surface area contributed by atoms with Gasteiger partial charge in [0.25, 0.3) is 5.91 Å². The molecule has 4 aromatic rings. The van der Waals surface area contributed by atoms with E-state index in [9.17, 15) is 29.5 Å². The molecule has 70 heavy (non-hydrogen) atoms. The van der Waals surface area contributed by atoms with Crippen LogP contribution in [0.4, 0.5) is 5.69 Å². The highest BCUT2D eigenvalue weighted by Gasteiger charge is 2.64. The Hall–Kier alpha value is -5.57. The van der Waals surface area contributed by atoms with Gasteiger partial charge in [0.2, 0.25) is 17.7 Å². The summed E-state index contributed by atoms with van der Waals surface area (Å²) in [6, 6.07) is 20.4. The SMILES string of the molecule is Cc1ncsc1-c1ccc([C@H](C)NC(=O)[C@@H]2C[C@@H](O)CN2C(=O)C(NC(=O)COCCN2CCN(c3ccc(C(=O)N[C@H]4C(C)(C)[C@H](Oc5ccc(C#N)c(Cl)c5)C4(C)C)cc3)CC2)C(C)(C)C)cc1. The number of carbonyl (C=O) groups excluding carboxylic acids is 4. The Labute approximate surface area is 420 Å². The van der Waals surface area contributed by atoms with Crippen LogP contribution >= 0.6 is 22.9 Å². The molecule has 1 aromatic heterocycles. The third-order valence-electron chi connectivity index (χ3n) is 14.1. The van der Waals surface area contributed by atoms with Crippen LogP contribution in [0.25, 0.3) is 10.4 Å². The van der Waals surface area contributed by atoms with Gasteiger partial charge in [-0.15, -0.1) is 11.3 Å². The van der Waals surface area contributed by atoms with Crippen molar-refractivity contribution in [3.8, 4) is 22.3 Å². The molecule has 3 aliphatic rings. The number of hydrogen-bond donors (Lipinski definition) is 4. The summed E-state index contributed by atoms with van der Waals surface area (Å²) in [5, 5.41) is 29.4. The number of nitrogens with zero attached hydrogens (tertiary/aromatic N) is 5. The van der Waals surface area contributed by atoms with Crippen LogP contribution in [0.2, 0.25) is 5.02 Å². The van der Waals surface area contributed by atoms with Crippen LogP contribution in [-0.4, -0.2) is 126 Å². The first kappa shape index (κ1) is 52.3. The summed E-state index contributed by atoms with van der Waals surface area (Å²) in [5.74, 6) is -0.804. The van der Waals surface area contributed by atoms with E-state index >= 15 is 0 Å². The van der Waals surface area contributed by atoms with Crippen molar-refractivity contribution < 1.29 is 33.8 Å². The van der Waals surface area contributed by atoms with Crippen molar-refractivity contribution in [2.75, 3.05) is 57.4 Å². The number of aryl methyl sites for hydroxylation is 1. The number of halogens is 1. The summed E-state index contributed by atoms with van der Waals surface area (Å²) in [6.07, 6.45) is -0.987. The van der Waals surface area contributed by atoms with E-state index in [0.717, 1.165) is 53.6 Å². The highest BCUT2D eigenvalue weighted by atomic mass is 35.5. The predicted molar refractivity (Wildman–Crippen MR) is 272 cm³/mol. The minimum Gasteiger partial charge on any atom is -0.489 e. The molecule has 3 aromatic carbocycles. The molecule has 2 aliphatic heterocycles. The normalized spacial score (nSPS) is 21.7. The number of benzene rings is 3. The van der Waals surface area contributed by atoms with E-state index in [4.69, 9.17) is 21.1 Å². The Morgan fingerprint density at radius 1 is 0.971 bits per heavy atom. The first-order valence-electron chi connectivity index (χ1n) is 24.0. The lowest BCUT2D eigenvalue weighted by atomic mass is 9.49. The summed E-state index contributed by atoms with van der Waals surface area (Å²) in [4.78, 5) is 66.0. The zero-order valence-corrected chi connectivity index (χ0v) is 43.2. The molecule has 2 saturated heterocycles. The second kappa shape index (κ2) is 21.4. The number of rotatable bonds is 16. The molecule has 3 fully saturated rings. The van der Waals surface area contributed by atoms with Crippen LogP contribution in [0.15, 0.2) is 72.2 Å². The summed E-state index contributed by atoms with van der Waals surface area (Å²) in [5.41, 5.74) is 5.26. The van der Waals surface area contributed by atoms with Crippen molar-refractivity contribution in [2.24, 2.45) is 16.2 Å². The number of β-amino-alcohol motifs (C(OH)–C–C–N with tert-alkyl or cyclic N) is 1. The fraction of sp³-hybridized carbons (Fsp3) is 0.509. The average molecular weight is 996 g/mol. The summed E-state index contributed by atoms with van der Waals surface area (Å²) < 4.78 is 12.2. The topological polar surface area (TPSA) is 189 Å². The third-order valence-corrected chi connectivity index (χ3v) is 15.4. The second-order valence-corrected chi connectivity index (χ2v) is 22.4. The van der Waals surface area contributed by atoms with Gasteiger partial charge < -0.3 is 40.3 Å². The number of ether oxygens (including phenoxy) is 2. The highest BCUT2D eigenvalue weighted by Crippen LogP contribution is 2.55. The number of aliphatic hydroxyl groups excluding tert-OH is 1. The number of nitrogens with one attached hydrogen (secondary N) is 3. The molecular formula is C53H67ClN8O7S. The molecule has 4 N–H and O–H groups in total. The van der Waals surface area contributed by atoms with Gasteiger partial charge in [0.15, 0.2) is 0 Å². The number of aliphatic hydroxyl groups is 1. The van der Waals surface area contributed by atoms with Crippen molar-refractivity contribution in [1.29, 1.82) is 5.26 Å². The van der Waals surface area contributed by atoms with Gasteiger partial charge in [-0.05, 0) is 66.8 Å². The van der Waals surface area contributed by atoms with Crippen molar-refractivity contribution in [3.63, 3.8) is 0 Å². The van der Waals surface area contributed by atoms with E-state index in [1.165, 1.54) is 4.90 Å². The van der Waals surface area contributed by atoms with E-state index in [0.29, 0.717) is 35.1 Å². The maximum Gasteiger partial charge on any atom is 0.251 e. The molecule has 4 amide bonds. The van der Waals surface area contributed by atoms with E-state index in [1.807, 2.05) is 88.7 Å². The first-order valence-corrected chi connectivity index (χ1v) is 25.2. The van der Waals surface area contributed by atoms with E-state index in [-0.39, 0.29) is 60.4 Å². The molecule has 1 unspecified atom stereocenters. The minimum atomic E-state index is -0.960. The summed E-state index contributed by atoms with van der Waals surface area (Å²) >= 11 is 7.83. The average Bonchev–Trinajstić information content (AvgIpc) is 3.95. The number of piperazine rings is 1. The monoisotopic (exact) mass is 994 g/mol. The lowest BCUT2D eigenvalue weighted by Crippen LogP contribution is -2.74. The fourth-order valence-corrected chi connectivity index (χ4v) is 11.5. The molecule has 0 spiro atoms. The zero-order chi connectivity index (χ0) is 50.7. The van der Waals surface area contributed by atoms with Crippen LogP contribution in [-0.2, 0) is 19.1 Å². The molecule has 0 radical (unpaired) electrons. The number of anilines is 1. The Kier molecular flexibility index (Phi) is 16.0. The number of thiazole rings is 1. The quantitative estimate of drug-likeness (QED) is 0.0869. The zero-order valence-electron chi connectivity index (χ0n) is 41.7. The van der Waals surface area contributed by atoms with Gasteiger partial charge >= 0.3 is 0 Å².